The number of piperazine rings is 1. The molecule has 146 valence electrons. The lowest BCUT2D eigenvalue weighted by atomic mass is 10.3. The van der Waals surface area contributed by atoms with Crippen molar-refractivity contribution in [1.82, 2.24) is 28.8 Å². The van der Waals surface area contributed by atoms with E-state index in [4.69, 9.17) is 0 Å². The van der Waals surface area contributed by atoms with Gasteiger partial charge in [0.2, 0.25) is 15.9 Å². The zero-order chi connectivity index (χ0) is 19.8. The topological polar surface area (TPSA) is 110 Å². The van der Waals surface area contributed by atoms with Crippen molar-refractivity contribution >= 4 is 15.9 Å². The SMILES string of the molecule is Cc1cc(C)n(-c2ccc(=O)n(CC(=O)N3CCN(S(C)(=O)=O)CC3)n2)n1. The Kier molecular flexibility index (Phi) is 5.16. The molecule has 1 amide bonds. The maximum atomic E-state index is 12.5. The van der Waals surface area contributed by atoms with E-state index >= 15 is 0 Å². The van der Waals surface area contributed by atoms with Gasteiger partial charge in [-0.2, -0.15) is 9.40 Å². The first-order valence-corrected chi connectivity index (χ1v) is 10.3. The molecule has 3 rings (SSSR count). The number of amides is 1. The van der Waals surface area contributed by atoms with Crippen molar-refractivity contribution in [3.63, 3.8) is 0 Å². The van der Waals surface area contributed by atoms with Crippen LogP contribution in [0.5, 0.6) is 0 Å². The summed E-state index contributed by atoms with van der Waals surface area (Å²) in [6, 6.07) is 4.81. The number of sulfonamides is 1. The average Bonchev–Trinajstić information content (AvgIpc) is 2.94. The molecule has 0 unspecified atom stereocenters. The molecule has 0 aromatic carbocycles. The molecule has 11 heteroatoms. The molecular formula is C16H22N6O4S. The van der Waals surface area contributed by atoms with Gasteiger partial charge in [0.1, 0.15) is 6.54 Å². The highest BCUT2D eigenvalue weighted by molar-refractivity contribution is 7.88. The molecule has 1 aliphatic heterocycles. The molecule has 1 aliphatic rings. The number of aromatic nitrogens is 4. The Balaban J connectivity index is 1.74. The Hall–Kier alpha value is -2.53. The number of carbonyl (C=O) groups is 1. The summed E-state index contributed by atoms with van der Waals surface area (Å²) < 4.78 is 27.2. The fourth-order valence-electron chi connectivity index (χ4n) is 3.02. The van der Waals surface area contributed by atoms with E-state index < -0.39 is 10.0 Å². The van der Waals surface area contributed by atoms with E-state index in [0.717, 1.165) is 22.3 Å². The molecule has 3 heterocycles. The summed E-state index contributed by atoms with van der Waals surface area (Å²) in [6.07, 6.45) is 1.15. The summed E-state index contributed by atoms with van der Waals surface area (Å²) in [7, 11) is -3.26. The van der Waals surface area contributed by atoms with Crippen LogP contribution in [0.1, 0.15) is 11.4 Å². The maximum absolute atomic E-state index is 12.5. The van der Waals surface area contributed by atoms with Gasteiger partial charge in [-0.05, 0) is 26.0 Å². The van der Waals surface area contributed by atoms with Crippen molar-refractivity contribution in [1.29, 1.82) is 0 Å². The van der Waals surface area contributed by atoms with Crippen LogP contribution in [0.25, 0.3) is 5.82 Å². The fraction of sp³-hybridized carbons (Fsp3) is 0.500. The molecule has 0 saturated carbocycles. The minimum Gasteiger partial charge on any atom is -0.338 e. The minimum absolute atomic E-state index is 0.204. The van der Waals surface area contributed by atoms with Gasteiger partial charge in [-0.1, -0.05) is 0 Å². The highest BCUT2D eigenvalue weighted by Gasteiger charge is 2.26. The van der Waals surface area contributed by atoms with Gasteiger partial charge >= 0.3 is 0 Å². The number of aryl methyl sites for hydroxylation is 2. The molecule has 1 saturated heterocycles. The molecule has 2 aromatic heterocycles. The van der Waals surface area contributed by atoms with Crippen molar-refractivity contribution in [2.45, 2.75) is 20.4 Å². The van der Waals surface area contributed by atoms with Crippen molar-refractivity contribution < 1.29 is 13.2 Å². The van der Waals surface area contributed by atoms with Gasteiger partial charge in [0.05, 0.1) is 11.9 Å². The second-order valence-corrected chi connectivity index (χ2v) is 8.55. The number of rotatable bonds is 4. The third-order valence-corrected chi connectivity index (χ3v) is 5.73. The highest BCUT2D eigenvalue weighted by atomic mass is 32.2. The van der Waals surface area contributed by atoms with Gasteiger partial charge in [0, 0.05) is 37.9 Å². The normalized spacial score (nSPS) is 15.9. The molecule has 0 atom stereocenters. The van der Waals surface area contributed by atoms with E-state index in [9.17, 15) is 18.0 Å². The molecule has 0 N–H and O–H groups in total. The molecule has 27 heavy (non-hydrogen) atoms. The minimum atomic E-state index is -3.26. The summed E-state index contributed by atoms with van der Waals surface area (Å²) in [6.45, 7) is 4.61. The lowest BCUT2D eigenvalue weighted by Crippen LogP contribution is -2.51. The lowest BCUT2D eigenvalue weighted by molar-refractivity contribution is -0.133. The van der Waals surface area contributed by atoms with Gasteiger partial charge in [0.15, 0.2) is 5.82 Å². The van der Waals surface area contributed by atoms with Crippen molar-refractivity contribution in [2.75, 3.05) is 32.4 Å². The van der Waals surface area contributed by atoms with Crippen LogP contribution in [0.3, 0.4) is 0 Å². The van der Waals surface area contributed by atoms with Gasteiger partial charge in [0.25, 0.3) is 5.56 Å². The monoisotopic (exact) mass is 394 g/mol. The maximum Gasteiger partial charge on any atom is 0.267 e. The second kappa shape index (κ2) is 7.24. The van der Waals surface area contributed by atoms with Crippen molar-refractivity contribution in [2.24, 2.45) is 0 Å². The molecular weight excluding hydrogens is 372 g/mol. The van der Waals surface area contributed by atoms with E-state index in [-0.39, 0.29) is 44.2 Å². The predicted molar refractivity (Wildman–Crippen MR) is 98.1 cm³/mol. The number of hydrogen-bond acceptors (Lipinski definition) is 6. The van der Waals surface area contributed by atoms with Crippen LogP contribution in [-0.2, 0) is 21.4 Å². The predicted octanol–water partition coefficient (Wildman–Crippen LogP) is -0.850. The van der Waals surface area contributed by atoms with Gasteiger partial charge in [-0.25, -0.2) is 17.8 Å². The Labute approximate surface area is 157 Å². The summed E-state index contributed by atoms with van der Waals surface area (Å²) in [4.78, 5) is 26.2. The first kappa shape index (κ1) is 19.2. The smallest absolute Gasteiger partial charge is 0.267 e. The molecule has 0 aliphatic carbocycles. The van der Waals surface area contributed by atoms with Crippen LogP contribution in [0.4, 0.5) is 0 Å². The molecule has 10 nitrogen and oxygen atoms in total. The van der Waals surface area contributed by atoms with E-state index in [1.54, 1.807) is 15.6 Å². The van der Waals surface area contributed by atoms with E-state index in [1.807, 2.05) is 19.9 Å². The molecule has 0 spiro atoms. The molecule has 1 fully saturated rings. The van der Waals surface area contributed by atoms with Crippen LogP contribution in [0.15, 0.2) is 23.0 Å². The second-order valence-electron chi connectivity index (χ2n) is 6.57. The standard InChI is InChI=1S/C16H22N6O4S/c1-12-10-13(2)22(17-12)14-4-5-15(23)21(18-14)11-16(24)19-6-8-20(9-7-19)27(3,25)26/h4-5,10H,6-9,11H2,1-3H3. The molecule has 2 aromatic rings. The third kappa shape index (κ3) is 4.25. The number of hydrogen-bond donors (Lipinski definition) is 0. The summed E-state index contributed by atoms with van der Waals surface area (Å²) in [5.41, 5.74) is 1.31. The summed E-state index contributed by atoms with van der Waals surface area (Å²) in [5.74, 6) is 0.179. The Morgan fingerprint density at radius 1 is 1.11 bits per heavy atom. The van der Waals surface area contributed by atoms with Crippen LogP contribution < -0.4 is 5.56 Å². The zero-order valence-corrected chi connectivity index (χ0v) is 16.3. The van der Waals surface area contributed by atoms with E-state index in [1.165, 1.54) is 10.4 Å². The van der Waals surface area contributed by atoms with Crippen LogP contribution in [-0.4, -0.2) is 75.5 Å². The number of nitrogens with zero attached hydrogens (tertiary/aromatic N) is 6. The molecule has 0 radical (unpaired) electrons. The van der Waals surface area contributed by atoms with Gasteiger partial charge < -0.3 is 4.90 Å². The Morgan fingerprint density at radius 2 is 1.78 bits per heavy atom. The van der Waals surface area contributed by atoms with Crippen molar-refractivity contribution in [3.05, 3.63) is 39.9 Å². The van der Waals surface area contributed by atoms with E-state index in [0.29, 0.717) is 5.82 Å². The quantitative estimate of drug-likeness (QED) is 0.668. The van der Waals surface area contributed by atoms with Gasteiger partial charge in [-0.15, -0.1) is 5.10 Å². The van der Waals surface area contributed by atoms with Crippen LogP contribution >= 0.6 is 0 Å². The van der Waals surface area contributed by atoms with Crippen molar-refractivity contribution in [3.8, 4) is 5.82 Å². The molecule has 0 bridgehead atoms. The Morgan fingerprint density at radius 3 is 2.33 bits per heavy atom. The van der Waals surface area contributed by atoms with Crippen LogP contribution in [0.2, 0.25) is 0 Å². The third-order valence-electron chi connectivity index (χ3n) is 4.42. The zero-order valence-electron chi connectivity index (χ0n) is 15.5. The first-order valence-electron chi connectivity index (χ1n) is 8.50. The summed E-state index contributed by atoms with van der Waals surface area (Å²) in [5, 5.41) is 8.59. The number of carbonyl (C=O) groups excluding carboxylic acids is 1. The van der Waals surface area contributed by atoms with Crippen LogP contribution in [0, 0.1) is 13.8 Å². The first-order chi connectivity index (χ1) is 12.6. The average molecular weight is 394 g/mol. The lowest BCUT2D eigenvalue weighted by Gasteiger charge is -2.33. The highest BCUT2D eigenvalue weighted by Crippen LogP contribution is 2.09. The van der Waals surface area contributed by atoms with E-state index in [2.05, 4.69) is 10.2 Å². The summed E-state index contributed by atoms with van der Waals surface area (Å²) >= 11 is 0. The van der Waals surface area contributed by atoms with Gasteiger partial charge in [-0.3, -0.25) is 9.59 Å². The largest absolute Gasteiger partial charge is 0.338 e. The fourth-order valence-corrected chi connectivity index (χ4v) is 3.85. The Bertz CT molecular complexity index is 1020.